The number of carbonyl (C=O) groups is 1. The van der Waals surface area contributed by atoms with Gasteiger partial charge in [0, 0.05) is 48.8 Å². The van der Waals surface area contributed by atoms with Gasteiger partial charge in [0.2, 0.25) is 0 Å². The summed E-state index contributed by atoms with van der Waals surface area (Å²) in [5, 5.41) is 2.25. The first kappa shape index (κ1) is 35.7. The number of alkyl halides is 1. The van der Waals surface area contributed by atoms with Gasteiger partial charge in [-0.3, -0.25) is 14.8 Å². The number of carbonyl (C=O) groups excluding carboxylic acids is 1. The Morgan fingerprint density at radius 1 is 1.06 bits per heavy atom. The molecular formula is C41H48F2N6O3Si. The second-order valence-corrected chi connectivity index (χ2v) is 22.0. The van der Waals surface area contributed by atoms with E-state index in [0.717, 1.165) is 48.6 Å². The van der Waals surface area contributed by atoms with Crippen molar-refractivity contribution in [3.05, 3.63) is 54.0 Å². The summed E-state index contributed by atoms with van der Waals surface area (Å²) in [6.45, 7) is 14.6. The maximum absolute atomic E-state index is 17.2. The molecule has 0 unspecified atom stereocenters. The van der Waals surface area contributed by atoms with Crippen molar-refractivity contribution in [1.29, 1.82) is 0 Å². The van der Waals surface area contributed by atoms with Crippen LogP contribution in [0.2, 0.25) is 19.6 Å². The molecule has 2 aromatic heterocycles. The number of halogens is 2. The minimum atomic E-state index is -1.70. The summed E-state index contributed by atoms with van der Waals surface area (Å²) in [5.41, 5.74) is 4.18. The maximum Gasteiger partial charge on any atom is 0.410 e. The highest BCUT2D eigenvalue weighted by atomic mass is 28.3. The fourth-order valence-electron chi connectivity index (χ4n) is 8.75. The normalized spacial score (nSPS) is 24.4. The van der Waals surface area contributed by atoms with Gasteiger partial charge in [0.15, 0.2) is 5.82 Å². The number of ether oxygens (including phenoxy) is 2. The number of pyridine rings is 1. The van der Waals surface area contributed by atoms with Crippen molar-refractivity contribution in [2.45, 2.75) is 102 Å². The zero-order valence-electron chi connectivity index (χ0n) is 31.5. The maximum atomic E-state index is 17.2. The molecule has 0 spiro atoms. The molecule has 4 saturated heterocycles. The number of nitrogens with zero attached hydrogens (tertiary/aromatic N) is 6. The Bertz CT molecular complexity index is 2140. The third-order valence-corrected chi connectivity index (χ3v) is 11.9. The highest BCUT2D eigenvalue weighted by molar-refractivity contribution is 6.83. The average molecular weight is 739 g/mol. The lowest BCUT2D eigenvalue weighted by atomic mass is 9.95. The molecule has 4 aliphatic heterocycles. The topological polar surface area (TPSA) is 83.9 Å². The van der Waals surface area contributed by atoms with E-state index in [1.165, 1.54) is 0 Å². The Hall–Kier alpha value is -4.34. The van der Waals surface area contributed by atoms with Crippen LogP contribution in [0.1, 0.15) is 58.4 Å². The van der Waals surface area contributed by atoms with Crippen LogP contribution in [0.4, 0.5) is 19.4 Å². The van der Waals surface area contributed by atoms with Gasteiger partial charge in [-0.25, -0.2) is 13.6 Å². The molecule has 4 aromatic rings. The summed E-state index contributed by atoms with van der Waals surface area (Å²) in [6, 6.07) is 11.6. The molecule has 4 aliphatic rings. The van der Waals surface area contributed by atoms with Gasteiger partial charge in [-0.2, -0.15) is 9.97 Å². The van der Waals surface area contributed by atoms with Crippen molar-refractivity contribution >= 4 is 41.7 Å². The molecule has 8 rings (SSSR count). The zero-order chi connectivity index (χ0) is 37.3. The summed E-state index contributed by atoms with van der Waals surface area (Å²) in [4.78, 5) is 33.8. The second-order valence-electron chi connectivity index (χ2n) is 17.3. The Kier molecular flexibility index (Phi) is 8.88. The van der Waals surface area contributed by atoms with Gasteiger partial charge in [0.05, 0.1) is 23.0 Å². The van der Waals surface area contributed by atoms with E-state index >= 15 is 4.39 Å². The lowest BCUT2D eigenvalue weighted by molar-refractivity contribution is 0.0122. The van der Waals surface area contributed by atoms with Crippen LogP contribution in [0.15, 0.2) is 42.6 Å². The summed E-state index contributed by atoms with van der Waals surface area (Å²) in [6.07, 6.45) is 4.30. The lowest BCUT2D eigenvalue weighted by Crippen LogP contribution is -2.57. The molecule has 0 saturated carbocycles. The van der Waals surface area contributed by atoms with Crippen LogP contribution in [0.25, 0.3) is 32.9 Å². The summed E-state index contributed by atoms with van der Waals surface area (Å²) >= 11 is 0. The smallest absolute Gasteiger partial charge is 0.410 e. The number of benzene rings is 2. The third-order valence-electron chi connectivity index (χ3n) is 11.0. The van der Waals surface area contributed by atoms with Crippen LogP contribution < -0.4 is 9.64 Å². The molecule has 4 atom stereocenters. The number of rotatable bonds is 5. The number of aromatic nitrogens is 3. The van der Waals surface area contributed by atoms with Crippen molar-refractivity contribution in [2.75, 3.05) is 37.7 Å². The molecule has 0 aliphatic carbocycles. The number of piperazine rings is 1. The van der Waals surface area contributed by atoms with Crippen LogP contribution >= 0.6 is 0 Å². The standard InChI is InChI=1S/C41H48F2N6O3Si/c1-40(2,3)52-39(50)49-29-14-15-30(49)24-47(23-29)37-32-21-44-35(31-13-8-12-26-10-7-11-27(33(26)31)16-19-53(4,5)6)34(43)36(32)45-38(46-37)51-25-41-17-9-18-48(41)22-28(42)20-41/h7-8,10-13,21,28-30H,9,14-15,17-18,20,22-25H2,1-6H3/t28-,29-,30+,41+/m0/s1. The van der Waals surface area contributed by atoms with E-state index in [2.05, 4.69) is 40.9 Å². The zero-order valence-corrected chi connectivity index (χ0v) is 32.5. The average Bonchev–Trinajstić information content (AvgIpc) is 3.71. The number of hydrogen-bond acceptors (Lipinski definition) is 8. The predicted molar refractivity (Wildman–Crippen MR) is 206 cm³/mol. The largest absolute Gasteiger partial charge is 0.461 e. The first-order valence-corrected chi connectivity index (χ1v) is 22.4. The molecule has 2 aromatic carbocycles. The Morgan fingerprint density at radius 3 is 2.51 bits per heavy atom. The summed E-state index contributed by atoms with van der Waals surface area (Å²) in [5.74, 6) is 3.34. The molecular weight excluding hydrogens is 691 g/mol. The molecule has 9 nitrogen and oxygen atoms in total. The Balaban J connectivity index is 1.22. The number of fused-ring (bicyclic) bond motifs is 5. The molecule has 1 amide bonds. The molecule has 53 heavy (non-hydrogen) atoms. The van der Waals surface area contributed by atoms with Gasteiger partial charge in [0.1, 0.15) is 43.5 Å². The minimum absolute atomic E-state index is 0.0496. The molecule has 278 valence electrons. The number of amides is 1. The summed E-state index contributed by atoms with van der Waals surface area (Å²) in [7, 11) is -1.70. The minimum Gasteiger partial charge on any atom is -0.461 e. The molecule has 4 fully saturated rings. The van der Waals surface area contributed by atoms with Crippen molar-refractivity contribution in [3.63, 3.8) is 0 Å². The van der Waals surface area contributed by atoms with E-state index in [-0.39, 0.29) is 42.0 Å². The lowest BCUT2D eigenvalue weighted by Gasteiger charge is -2.42. The Morgan fingerprint density at radius 2 is 1.79 bits per heavy atom. The van der Waals surface area contributed by atoms with Gasteiger partial charge >= 0.3 is 12.1 Å². The molecule has 2 bridgehead atoms. The molecule has 0 radical (unpaired) electrons. The fraction of sp³-hybridized carbons (Fsp3) is 0.512. The summed E-state index contributed by atoms with van der Waals surface area (Å²) < 4.78 is 44.0. The first-order chi connectivity index (χ1) is 25.2. The van der Waals surface area contributed by atoms with E-state index in [1.54, 1.807) is 6.20 Å². The highest BCUT2D eigenvalue weighted by Crippen LogP contribution is 2.42. The number of hydrogen-bond donors (Lipinski definition) is 0. The SMILES string of the molecule is CC(C)(C)OC(=O)N1[C@@H]2CC[C@H]1CN(c1nc(OC[C@]34CCCN3C[C@@H](F)C4)nc3c(F)c(-c4cccc5cccc(C#C[Si](C)(C)C)c45)ncc13)C2. The molecule has 6 heterocycles. The third kappa shape index (κ3) is 6.82. The van der Waals surface area contributed by atoms with Crippen LogP contribution in [0, 0.1) is 17.3 Å². The molecule has 0 N–H and O–H groups in total. The van der Waals surface area contributed by atoms with Gasteiger partial charge in [-0.15, -0.1) is 5.54 Å². The van der Waals surface area contributed by atoms with Gasteiger partial charge in [-0.05, 0) is 64.5 Å². The van der Waals surface area contributed by atoms with Crippen molar-refractivity contribution in [1.82, 2.24) is 24.8 Å². The quantitative estimate of drug-likeness (QED) is 0.152. The van der Waals surface area contributed by atoms with E-state index in [4.69, 9.17) is 24.4 Å². The van der Waals surface area contributed by atoms with Crippen molar-refractivity contribution < 1.29 is 23.0 Å². The fourth-order valence-corrected chi connectivity index (χ4v) is 9.26. The van der Waals surface area contributed by atoms with Gasteiger partial charge < -0.3 is 14.4 Å². The number of anilines is 1. The van der Waals surface area contributed by atoms with Crippen molar-refractivity contribution in [3.8, 4) is 28.7 Å². The van der Waals surface area contributed by atoms with E-state index < -0.39 is 31.2 Å². The van der Waals surface area contributed by atoms with Gasteiger partial charge in [-0.1, -0.05) is 55.9 Å². The van der Waals surface area contributed by atoms with E-state index in [9.17, 15) is 9.18 Å². The van der Waals surface area contributed by atoms with E-state index in [0.29, 0.717) is 42.8 Å². The monoisotopic (exact) mass is 738 g/mol. The van der Waals surface area contributed by atoms with E-state index in [1.807, 2.05) is 62.1 Å². The van der Waals surface area contributed by atoms with Crippen LogP contribution in [0.3, 0.4) is 0 Å². The second kappa shape index (κ2) is 13.2. The highest BCUT2D eigenvalue weighted by Gasteiger charge is 2.50. The van der Waals surface area contributed by atoms with Crippen molar-refractivity contribution in [2.24, 2.45) is 0 Å². The Labute approximate surface area is 311 Å². The van der Waals surface area contributed by atoms with Gasteiger partial charge in [0.25, 0.3) is 0 Å². The van der Waals surface area contributed by atoms with Crippen LogP contribution in [-0.4, -0.2) is 101 Å². The van der Waals surface area contributed by atoms with Crippen LogP contribution in [0.5, 0.6) is 6.01 Å². The first-order valence-electron chi connectivity index (χ1n) is 18.9. The predicted octanol–water partition coefficient (Wildman–Crippen LogP) is 7.76. The molecule has 12 heteroatoms. The van der Waals surface area contributed by atoms with Crippen LogP contribution in [-0.2, 0) is 4.74 Å².